The average Bonchev–Trinajstić information content (AvgIpc) is 3.72. The molecule has 4 aromatic rings. The van der Waals surface area contributed by atoms with E-state index in [9.17, 15) is 19.5 Å². The Morgan fingerprint density at radius 2 is 1.67 bits per heavy atom. The first kappa shape index (κ1) is 28.2. The van der Waals surface area contributed by atoms with Crippen LogP contribution >= 0.6 is 0 Å². The van der Waals surface area contributed by atoms with Gasteiger partial charge in [-0.2, -0.15) is 0 Å². The van der Waals surface area contributed by atoms with Crippen LogP contribution in [0.5, 0.6) is 0 Å². The number of likely N-dealkylation sites (N-methyl/N-ethyl adjacent to an activating group) is 1. The van der Waals surface area contributed by atoms with Crippen molar-refractivity contribution >= 4 is 34.9 Å². The molecule has 4 unspecified atom stereocenters. The van der Waals surface area contributed by atoms with E-state index in [2.05, 4.69) is 25.6 Å². The summed E-state index contributed by atoms with van der Waals surface area (Å²) in [5.41, 5.74) is 1.55. The largest absolute Gasteiger partial charge is 0.478 e. The minimum Gasteiger partial charge on any atom is -0.478 e. The molecule has 3 amide bonds. The van der Waals surface area contributed by atoms with Crippen LogP contribution in [-0.4, -0.2) is 85.9 Å². The van der Waals surface area contributed by atoms with Crippen LogP contribution in [0.25, 0.3) is 11.2 Å². The first-order valence-corrected chi connectivity index (χ1v) is 13.7. The van der Waals surface area contributed by atoms with Crippen molar-refractivity contribution in [1.29, 1.82) is 0 Å². The van der Waals surface area contributed by atoms with Gasteiger partial charge in [0.15, 0.2) is 29.5 Å². The van der Waals surface area contributed by atoms with Crippen molar-refractivity contribution in [3.63, 3.8) is 0 Å². The lowest BCUT2D eigenvalue weighted by molar-refractivity contribution is -0.148. The number of carbonyl (C=O) groups excluding carboxylic acids is 2. The maximum Gasteiger partial charge on any atom is 0.336 e. The van der Waals surface area contributed by atoms with E-state index in [-0.39, 0.29) is 23.5 Å². The van der Waals surface area contributed by atoms with Crippen molar-refractivity contribution < 1.29 is 33.7 Å². The van der Waals surface area contributed by atoms with Gasteiger partial charge in [0.1, 0.15) is 24.6 Å². The average molecular weight is 588 g/mol. The topological polar surface area (TPSA) is 170 Å². The quantitative estimate of drug-likeness (QED) is 0.279. The summed E-state index contributed by atoms with van der Waals surface area (Å²) >= 11 is 0. The van der Waals surface area contributed by atoms with Gasteiger partial charge in [0.2, 0.25) is 0 Å². The summed E-state index contributed by atoms with van der Waals surface area (Å²) < 4.78 is 20.9. The highest BCUT2D eigenvalue weighted by Gasteiger charge is 2.54. The number of anilines is 1. The number of benzene rings is 2. The lowest BCUT2D eigenvalue weighted by Gasteiger charge is -2.25. The number of carboxylic acid groups (broad SMARTS) is 1. The maximum absolute atomic E-state index is 13.4. The fourth-order valence-corrected chi connectivity index (χ4v) is 5.33. The van der Waals surface area contributed by atoms with Crippen LogP contribution in [0.1, 0.15) is 45.7 Å². The van der Waals surface area contributed by atoms with E-state index in [1.165, 1.54) is 29.7 Å². The molecule has 2 aliphatic rings. The Labute approximate surface area is 245 Å². The molecule has 0 spiro atoms. The van der Waals surface area contributed by atoms with E-state index in [0.717, 1.165) is 5.56 Å². The number of carbonyl (C=O) groups is 3. The summed E-state index contributed by atoms with van der Waals surface area (Å²) in [7, 11) is 1.58. The molecule has 14 nitrogen and oxygen atoms in total. The third kappa shape index (κ3) is 5.38. The van der Waals surface area contributed by atoms with E-state index in [1.54, 1.807) is 30.7 Å². The van der Waals surface area contributed by atoms with Crippen molar-refractivity contribution in [3.8, 4) is 0 Å². The van der Waals surface area contributed by atoms with Crippen LogP contribution in [0.15, 0.2) is 67.3 Å². The zero-order valence-electron chi connectivity index (χ0n) is 23.3. The number of amides is 3. The van der Waals surface area contributed by atoms with Gasteiger partial charge in [-0.1, -0.05) is 42.5 Å². The number of urea groups is 1. The van der Waals surface area contributed by atoms with Crippen molar-refractivity contribution in [2.24, 2.45) is 0 Å². The summed E-state index contributed by atoms with van der Waals surface area (Å²) in [6, 6.07) is 15.1. The minimum absolute atomic E-state index is 0.0683. The van der Waals surface area contributed by atoms with Crippen LogP contribution in [0, 0.1) is 0 Å². The molecule has 0 bridgehead atoms. The van der Waals surface area contributed by atoms with Gasteiger partial charge in [0, 0.05) is 25.7 Å². The molecule has 14 heteroatoms. The zero-order valence-corrected chi connectivity index (χ0v) is 23.3. The van der Waals surface area contributed by atoms with E-state index in [1.807, 2.05) is 30.3 Å². The Balaban J connectivity index is 1.30. The van der Waals surface area contributed by atoms with Gasteiger partial charge in [-0.05, 0) is 19.1 Å². The molecular weight excluding hydrogens is 558 g/mol. The lowest BCUT2D eigenvalue weighted by Crippen LogP contribution is -2.40. The van der Waals surface area contributed by atoms with Gasteiger partial charge >= 0.3 is 12.0 Å². The van der Waals surface area contributed by atoms with Gasteiger partial charge in [-0.15, -0.1) is 0 Å². The third-order valence-corrected chi connectivity index (χ3v) is 7.31. The predicted molar refractivity (Wildman–Crippen MR) is 151 cm³/mol. The lowest BCUT2D eigenvalue weighted by atomic mass is 10.1. The van der Waals surface area contributed by atoms with Gasteiger partial charge in [-0.3, -0.25) is 14.7 Å². The van der Waals surface area contributed by atoms with E-state index in [4.69, 9.17) is 14.2 Å². The summed E-state index contributed by atoms with van der Waals surface area (Å²) in [5.74, 6) is -1.43. The molecule has 2 aromatic carbocycles. The number of hydrogen-bond acceptors (Lipinski definition) is 9. The fourth-order valence-electron chi connectivity index (χ4n) is 5.33. The molecular formula is C29H29N7O7. The Bertz CT molecular complexity index is 1660. The van der Waals surface area contributed by atoms with Crippen LogP contribution in [0.2, 0.25) is 0 Å². The molecule has 2 aromatic heterocycles. The molecule has 0 aliphatic carbocycles. The number of rotatable bonds is 8. The summed E-state index contributed by atoms with van der Waals surface area (Å²) in [5, 5.41) is 14.9. The predicted octanol–water partition coefficient (Wildman–Crippen LogP) is 2.82. The van der Waals surface area contributed by atoms with E-state index < -0.39 is 48.7 Å². The number of ether oxygens (including phenoxy) is 3. The van der Waals surface area contributed by atoms with Gasteiger partial charge in [0.05, 0.1) is 17.5 Å². The number of hydrogen-bond donors (Lipinski definition) is 3. The standard InChI is InChI=1S/C29H29N7O7/c1-3-30-29(40)34-23-20-24(32-14-31-23)36(15-33-20)26-22-21(42-28(43-22)16-9-5-4-6-10-16)19(41-26)13-35(2)25(37)17-11-7-8-12-18(17)27(38)39/h4-12,14-15,19,21-22,26,28H,3,13H2,1-2H3,(H,38,39)(H2,30,31,32,34,40)/t19?,21?,22?,26?,28-/m0/s1. The first-order valence-electron chi connectivity index (χ1n) is 13.7. The third-order valence-electron chi connectivity index (χ3n) is 7.31. The molecule has 4 heterocycles. The van der Waals surface area contributed by atoms with Crippen LogP contribution in [0.3, 0.4) is 0 Å². The smallest absolute Gasteiger partial charge is 0.336 e. The fraction of sp³-hybridized carbons (Fsp3) is 0.310. The molecule has 0 saturated carbocycles. The van der Waals surface area contributed by atoms with Crippen LogP contribution < -0.4 is 10.6 Å². The monoisotopic (exact) mass is 587 g/mol. The minimum atomic E-state index is -1.19. The molecule has 2 fully saturated rings. The summed E-state index contributed by atoms with van der Waals surface area (Å²) in [6.45, 7) is 2.32. The van der Waals surface area contributed by atoms with E-state index >= 15 is 0 Å². The number of nitrogens with one attached hydrogen (secondary N) is 2. The molecule has 3 N–H and O–H groups in total. The Morgan fingerprint density at radius 1 is 0.953 bits per heavy atom. The summed E-state index contributed by atoms with van der Waals surface area (Å²) in [6.07, 6.45) is -0.443. The normalized spacial score (nSPS) is 22.7. The van der Waals surface area contributed by atoms with Crippen molar-refractivity contribution in [3.05, 3.63) is 83.9 Å². The highest BCUT2D eigenvalue weighted by atomic mass is 16.8. The summed E-state index contributed by atoms with van der Waals surface area (Å²) in [4.78, 5) is 51.7. The second kappa shape index (κ2) is 11.8. The number of nitrogens with zero attached hydrogens (tertiary/aromatic N) is 5. The second-order valence-corrected chi connectivity index (χ2v) is 10.1. The molecule has 5 atom stereocenters. The Morgan fingerprint density at radius 3 is 2.42 bits per heavy atom. The van der Waals surface area contributed by atoms with Crippen molar-refractivity contribution in [2.45, 2.75) is 37.8 Å². The number of aromatic nitrogens is 4. The second-order valence-electron chi connectivity index (χ2n) is 10.1. The molecule has 2 aliphatic heterocycles. The highest BCUT2D eigenvalue weighted by molar-refractivity contribution is 6.04. The SMILES string of the molecule is CCNC(=O)Nc1ncnc2c1ncn2C1OC(CN(C)C(=O)c2ccccc2C(=O)O)C2O[C@H](c3ccccc3)OC21. The van der Waals surface area contributed by atoms with Crippen molar-refractivity contribution in [2.75, 3.05) is 25.5 Å². The van der Waals surface area contributed by atoms with Gasteiger partial charge in [-0.25, -0.2) is 24.5 Å². The maximum atomic E-state index is 13.4. The number of fused-ring (bicyclic) bond motifs is 2. The van der Waals surface area contributed by atoms with Crippen molar-refractivity contribution in [1.82, 2.24) is 29.7 Å². The van der Waals surface area contributed by atoms with E-state index in [0.29, 0.717) is 17.7 Å². The first-order chi connectivity index (χ1) is 20.9. The van der Waals surface area contributed by atoms with Crippen LogP contribution in [0.4, 0.5) is 10.6 Å². The number of aromatic carboxylic acids is 1. The van der Waals surface area contributed by atoms with Crippen LogP contribution in [-0.2, 0) is 14.2 Å². The zero-order chi connectivity index (χ0) is 30.1. The van der Waals surface area contributed by atoms with Gasteiger partial charge in [0.25, 0.3) is 5.91 Å². The molecule has 43 heavy (non-hydrogen) atoms. The molecule has 2 saturated heterocycles. The highest BCUT2D eigenvalue weighted by Crippen LogP contribution is 2.45. The Kier molecular flexibility index (Phi) is 7.71. The van der Waals surface area contributed by atoms with Gasteiger partial charge < -0.3 is 29.5 Å². The Hall–Kier alpha value is -4.92. The molecule has 6 rings (SSSR count). The number of carboxylic acids is 1. The molecule has 222 valence electrons. The molecule has 0 radical (unpaired) electrons. The number of imidazole rings is 1.